The van der Waals surface area contributed by atoms with Gasteiger partial charge in [0.25, 0.3) is 0 Å². The molecule has 0 aliphatic carbocycles. The first-order valence-electron chi connectivity index (χ1n) is 10.6. The Hall–Kier alpha value is -2.03. The lowest BCUT2D eigenvalue weighted by atomic mass is 9.75. The maximum Gasteiger partial charge on any atom is 0.158 e. The highest BCUT2D eigenvalue weighted by atomic mass is 32.2. The number of nitrogens with two attached hydrogens (primary N) is 2. The minimum atomic E-state index is 0.0790. The summed E-state index contributed by atoms with van der Waals surface area (Å²) in [5.74, 6) is 1.33. The van der Waals surface area contributed by atoms with Crippen molar-refractivity contribution >= 4 is 29.1 Å². The third-order valence-corrected chi connectivity index (χ3v) is 8.01. The zero-order valence-corrected chi connectivity index (χ0v) is 18.5. The predicted octanol–water partition coefficient (Wildman–Crippen LogP) is 2.86. The molecule has 0 amide bonds. The van der Waals surface area contributed by atoms with Crippen LogP contribution in [0.15, 0.2) is 34.3 Å². The van der Waals surface area contributed by atoms with E-state index in [1.54, 1.807) is 11.8 Å². The molecule has 2 saturated heterocycles. The normalized spacial score (nSPS) is 24.1. The highest BCUT2D eigenvalue weighted by Crippen LogP contribution is 2.45. The van der Waals surface area contributed by atoms with Crippen LogP contribution in [0.1, 0.15) is 32.3 Å². The number of nitrogens with one attached hydrogen (secondary N) is 1. The monoisotopic (exact) mass is 426 g/mol. The summed E-state index contributed by atoms with van der Waals surface area (Å²) in [5, 5.41) is 4.26. The van der Waals surface area contributed by atoms with Gasteiger partial charge in [-0.25, -0.2) is 9.97 Å². The molecule has 8 heteroatoms. The molecule has 1 aromatic heterocycles. The number of nitrogen functional groups attached to an aromatic ring is 1. The molecule has 5 N–H and O–H groups in total. The van der Waals surface area contributed by atoms with E-state index in [4.69, 9.17) is 21.2 Å². The second kappa shape index (κ2) is 7.28. The standard InChI is InChI=1S/C22H30N6OS/c1-21(2)12-26-14-4-3-5-15(18(14)21)30-20-19(24)27-17(10-25-20)28-8-6-22(7-9-28)13-29-11-16(22)23/h3-5,10,16,26H,6-9,11-13,23H2,1-2H3,(H2,24,27). The molecule has 2 fully saturated rings. The molecule has 4 heterocycles. The van der Waals surface area contributed by atoms with Crippen LogP contribution in [0.4, 0.5) is 17.3 Å². The van der Waals surface area contributed by atoms with E-state index >= 15 is 0 Å². The Morgan fingerprint density at radius 1 is 1.27 bits per heavy atom. The topological polar surface area (TPSA) is 102 Å². The van der Waals surface area contributed by atoms with Crippen molar-refractivity contribution in [2.45, 2.75) is 48.1 Å². The van der Waals surface area contributed by atoms with Crippen molar-refractivity contribution in [3.8, 4) is 0 Å². The molecule has 0 bridgehead atoms. The molecule has 1 aromatic carbocycles. The number of piperidine rings is 1. The van der Waals surface area contributed by atoms with Gasteiger partial charge in [0, 0.05) is 47.1 Å². The number of aromatic nitrogens is 2. The van der Waals surface area contributed by atoms with Crippen molar-refractivity contribution < 1.29 is 4.74 Å². The number of hydrogen-bond acceptors (Lipinski definition) is 8. The molecule has 1 unspecified atom stereocenters. The molecule has 160 valence electrons. The highest BCUT2D eigenvalue weighted by Gasteiger charge is 2.44. The number of anilines is 3. The Morgan fingerprint density at radius 2 is 2.07 bits per heavy atom. The van der Waals surface area contributed by atoms with E-state index in [1.807, 2.05) is 6.20 Å². The van der Waals surface area contributed by atoms with Crippen molar-refractivity contribution in [3.05, 3.63) is 30.0 Å². The van der Waals surface area contributed by atoms with Gasteiger partial charge in [-0.3, -0.25) is 0 Å². The van der Waals surface area contributed by atoms with Gasteiger partial charge in [-0.05, 0) is 30.5 Å². The zero-order valence-electron chi connectivity index (χ0n) is 17.6. The first-order chi connectivity index (χ1) is 14.4. The van der Waals surface area contributed by atoms with Crippen LogP contribution in [0, 0.1) is 5.41 Å². The molecule has 2 aromatic rings. The van der Waals surface area contributed by atoms with Crippen LogP contribution in [-0.4, -0.2) is 48.9 Å². The fourth-order valence-corrected chi connectivity index (χ4v) is 6.05. The fourth-order valence-electron chi connectivity index (χ4n) is 4.95. The Morgan fingerprint density at radius 3 is 2.77 bits per heavy atom. The summed E-state index contributed by atoms with van der Waals surface area (Å²) in [7, 11) is 0. The molecule has 0 radical (unpaired) electrons. The van der Waals surface area contributed by atoms with Gasteiger partial charge in [-0.2, -0.15) is 0 Å². The smallest absolute Gasteiger partial charge is 0.158 e. The molecule has 1 atom stereocenters. The summed E-state index contributed by atoms with van der Waals surface area (Å²) in [6, 6.07) is 6.50. The van der Waals surface area contributed by atoms with Crippen molar-refractivity contribution in [2.75, 3.05) is 48.8 Å². The summed E-state index contributed by atoms with van der Waals surface area (Å²) in [5.41, 5.74) is 15.4. The van der Waals surface area contributed by atoms with Gasteiger partial charge in [0.15, 0.2) is 5.82 Å². The zero-order chi connectivity index (χ0) is 20.9. The van der Waals surface area contributed by atoms with Crippen molar-refractivity contribution in [3.63, 3.8) is 0 Å². The van der Waals surface area contributed by atoms with E-state index in [2.05, 4.69) is 47.2 Å². The van der Waals surface area contributed by atoms with E-state index in [0.717, 1.165) is 49.9 Å². The Kier molecular flexibility index (Phi) is 4.83. The molecule has 0 saturated carbocycles. The van der Waals surface area contributed by atoms with Gasteiger partial charge >= 0.3 is 0 Å². The Balaban J connectivity index is 1.33. The molecule has 1 spiro atoms. The van der Waals surface area contributed by atoms with E-state index in [9.17, 15) is 0 Å². The third kappa shape index (κ3) is 3.31. The summed E-state index contributed by atoms with van der Waals surface area (Å²) < 4.78 is 5.63. The van der Waals surface area contributed by atoms with Gasteiger partial charge in [0.2, 0.25) is 0 Å². The Bertz CT molecular complexity index is 957. The van der Waals surface area contributed by atoms with E-state index in [0.29, 0.717) is 12.4 Å². The summed E-state index contributed by atoms with van der Waals surface area (Å²) in [6.45, 7) is 8.72. The SMILES string of the molecule is CC1(C)CNc2cccc(Sc3ncc(N4CCC5(CC4)COCC5N)nc3N)c21. The summed E-state index contributed by atoms with van der Waals surface area (Å²) >= 11 is 1.60. The first-order valence-corrected chi connectivity index (χ1v) is 11.5. The molecule has 3 aliphatic rings. The molecular weight excluding hydrogens is 396 g/mol. The number of hydrogen-bond donors (Lipinski definition) is 3. The van der Waals surface area contributed by atoms with Crippen molar-refractivity contribution in [1.82, 2.24) is 9.97 Å². The molecule has 5 rings (SSSR count). The van der Waals surface area contributed by atoms with Gasteiger partial charge < -0.3 is 26.4 Å². The van der Waals surface area contributed by atoms with Crippen LogP contribution in [0.2, 0.25) is 0 Å². The average Bonchev–Trinajstić information content (AvgIpc) is 3.24. The van der Waals surface area contributed by atoms with Crippen molar-refractivity contribution in [1.29, 1.82) is 0 Å². The second-order valence-electron chi connectivity index (χ2n) is 9.41. The van der Waals surface area contributed by atoms with Crippen LogP contribution < -0.4 is 21.7 Å². The summed E-state index contributed by atoms with van der Waals surface area (Å²) in [6.07, 6.45) is 3.89. The Labute approximate surface area is 182 Å². The predicted molar refractivity (Wildman–Crippen MR) is 121 cm³/mol. The summed E-state index contributed by atoms with van der Waals surface area (Å²) in [4.78, 5) is 12.8. The van der Waals surface area contributed by atoms with Crippen LogP contribution in [-0.2, 0) is 10.2 Å². The van der Waals surface area contributed by atoms with Gasteiger partial charge in [-0.15, -0.1) is 0 Å². The average molecular weight is 427 g/mol. The number of fused-ring (bicyclic) bond motifs is 1. The molecule has 30 heavy (non-hydrogen) atoms. The number of benzene rings is 1. The van der Waals surface area contributed by atoms with Crippen LogP contribution >= 0.6 is 11.8 Å². The van der Waals surface area contributed by atoms with Gasteiger partial charge in [0.1, 0.15) is 10.8 Å². The first kappa shape index (κ1) is 19.9. The maximum atomic E-state index is 6.35. The van der Waals surface area contributed by atoms with Gasteiger partial charge in [-0.1, -0.05) is 31.7 Å². The minimum absolute atomic E-state index is 0.0790. The van der Waals surface area contributed by atoms with E-state index < -0.39 is 0 Å². The maximum absolute atomic E-state index is 6.35. The molecular formula is C22H30N6OS. The van der Waals surface area contributed by atoms with Crippen LogP contribution in [0.25, 0.3) is 0 Å². The lowest BCUT2D eigenvalue weighted by molar-refractivity contribution is 0.131. The van der Waals surface area contributed by atoms with Crippen LogP contribution in [0.3, 0.4) is 0 Å². The van der Waals surface area contributed by atoms with Crippen LogP contribution in [0.5, 0.6) is 0 Å². The fraction of sp³-hybridized carbons (Fsp3) is 0.545. The minimum Gasteiger partial charge on any atom is -0.384 e. The number of ether oxygens (including phenoxy) is 1. The number of nitrogens with zero attached hydrogens (tertiary/aromatic N) is 3. The third-order valence-electron chi connectivity index (χ3n) is 6.94. The molecule has 3 aliphatic heterocycles. The highest BCUT2D eigenvalue weighted by molar-refractivity contribution is 7.99. The van der Waals surface area contributed by atoms with Gasteiger partial charge in [0.05, 0.1) is 19.4 Å². The lowest BCUT2D eigenvalue weighted by Crippen LogP contribution is -2.49. The quantitative estimate of drug-likeness (QED) is 0.689. The number of rotatable bonds is 3. The molecule has 7 nitrogen and oxygen atoms in total. The largest absolute Gasteiger partial charge is 0.384 e. The van der Waals surface area contributed by atoms with E-state index in [1.165, 1.54) is 16.1 Å². The lowest BCUT2D eigenvalue weighted by Gasteiger charge is -2.41. The van der Waals surface area contributed by atoms with Crippen molar-refractivity contribution in [2.24, 2.45) is 11.1 Å². The van der Waals surface area contributed by atoms with E-state index in [-0.39, 0.29) is 16.9 Å². The second-order valence-corrected chi connectivity index (χ2v) is 10.4.